The number of carbonyl (C=O) groups excluding carboxylic acids is 1. The summed E-state index contributed by atoms with van der Waals surface area (Å²) in [4.78, 5) is 22.1. The molecule has 4 nitrogen and oxygen atoms in total. The van der Waals surface area contributed by atoms with Crippen LogP contribution in [-0.4, -0.2) is 17.0 Å². The van der Waals surface area contributed by atoms with Gasteiger partial charge >= 0.3 is 8.03 Å². The highest BCUT2D eigenvalue weighted by Crippen LogP contribution is 2.36. The van der Waals surface area contributed by atoms with Crippen molar-refractivity contribution in [3.63, 3.8) is 0 Å². The fourth-order valence-corrected chi connectivity index (χ4v) is 4.63. The van der Waals surface area contributed by atoms with Crippen LogP contribution in [-0.2, 0) is 9.36 Å². The van der Waals surface area contributed by atoms with Crippen LogP contribution in [0.2, 0.25) is 10.0 Å². The van der Waals surface area contributed by atoms with Crippen LogP contribution in [0.25, 0.3) is 16.2 Å². The van der Waals surface area contributed by atoms with E-state index in [1.54, 1.807) is 30.3 Å². The highest BCUT2D eigenvalue weighted by molar-refractivity contribution is 7.38. The molecular weight excluding hydrogens is 424 g/mol. The van der Waals surface area contributed by atoms with E-state index < -0.39 is 13.9 Å². The Morgan fingerprint density at radius 1 is 1.19 bits per heavy atom. The Morgan fingerprint density at radius 3 is 2.59 bits per heavy atom. The summed E-state index contributed by atoms with van der Waals surface area (Å²) in [5.74, 6) is -1.10. The standard InChI is InChI=1S/C19H14Cl2NO3PS/c20-13-3-1-12(2-4-13)7-8-22-19(23)16(10-26(24)25)17-11-27-18-6-5-14(21)9-15(17)18/h1-9,11,16H,10H2,(H-,22,23,24,25)/p+1/b8-7+. The van der Waals surface area contributed by atoms with E-state index in [0.29, 0.717) is 15.6 Å². The largest absolute Gasteiger partial charge is 0.506 e. The predicted molar refractivity (Wildman–Crippen MR) is 113 cm³/mol. The number of carbonyl (C=O) groups is 1. The van der Waals surface area contributed by atoms with Gasteiger partial charge in [0.1, 0.15) is 5.92 Å². The summed E-state index contributed by atoms with van der Waals surface area (Å²) in [7, 11) is -2.48. The Kier molecular flexibility index (Phi) is 6.64. The number of amides is 1. The first-order valence-electron chi connectivity index (χ1n) is 7.97. The van der Waals surface area contributed by atoms with Crippen molar-refractivity contribution in [2.45, 2.75) is 5.92 Å². The molecule has 138 valence electrons. The number of fused-ring (bicyclic) bond motifs is 1. The lowest BCUT2D eigenvalue weighted by Crippen LogP contribution is -2.26. The van der Waals surface area contributed by atoms with Crippen LogP contribution in [0.5, 0.6) is 0 Å². The molecule has 1 heterocycles. The van der Waals surface area contributed by atoms with Crippen molar-refractivity contribution in [1.82, 2.24) is 5.32 Å². The minimum absolute atomic E-state index is 0.158. The molecule has 0 saturated heterocycles. The van der Waals surface area contributed by atoms with Crippen LogP contribution in [0.15, 0.2) is 54.0 Å². The molecule has 2 N–H and O–H groups in total. The lowest BCUT2D eigenvalue weighted by Gasteiger charge is -2.10. The Labute approximate surface area is 171 Å². The molecule has 0 fully saturated rings. The average molecular weight is 439 g/mol. The zero-order valence-corrected chi connectivity index (χ0v) is 17.2. The summed E-state index contributed by atoms with van der Waals surface area (Å²) in [6.07, 6.45) is 3.09. The van der Waals surface area contributed by atoms with Crippen LogP contribution in [0.4, 0.5) is 0 Å². The molecule has 0 aliphatic carbocycles. The minimum atomic E-state index is -2.48. The van der Waals surface area contributed by atoms with Crippen molar-refractivity contribution >= 4 is 64.6 Å². The van der Waals surface area contributed by atoms with Gasteiger partial charge in [0.15, 0.2) is 6.16 Å². The van der Waals surface area contributed by atoms with E-state index in [4.69, 9.17) is 23.2 Å². The molecule has 0 saturated carbocycles. The molecule has 3 aromatic rings. The Bertz CT molecular complexity index is 1020. The van der Waals surface area contributed by atoms with Gasteiger partial charge in [-0.05, 0) is 62.9 Å². The van der Waals surface area contributed by atoms with E-state index in [2.05, 4.69) is 5.32 Å². The summed E-state index contributed by atoms with van der Waals surface area (Å²) < 4.78 is 12.4. The zero-order valence-electron chi connectivity index (χ0n) is 13.9. The second-order valence-corrected chi connectivity index (χ2v) is 8.67. The number of thiophene rings is 1. The number of rotatable bonds is 6. The Morgan fingerprint density at radius 2 is 1.89 bits per heavy atom. The third kappa shape index (κ3) is 5.16. The minimum Gasteiger partial charge on any atom is -0.332 e. The van der Waals surface area contributed by atoms with Gasteiger partial charge in [0.05, 0.1) is 0 Å². The van der Waals surface area contributed by atoms with Gasteiger partial charge in [-0.2, -0.15) is 4.89 Å². The lowest BCUT2D eigenvalue weighted by atomic mass is 9.99. The third-order valence-electron chi connectivity index (χ3n) is 3.97. The Hall–Kier alpha value is -1.75. The average Bonchev–Trinajstić information content (AvgIpc) is 3.04. The summed E-state index contributed by atoms with van der Waals surface area (Å²) in [6, 6.07) is 12.6. The van der Waals surface area contributed by atoms with Gasteiger partial charge in [0.25, 0.3) is 0 Å². The van der Waals surface area contributed by atoms with Gasteiger partial charge < -0.3 is 5.32 Å². The third-order valence-corrected chi connectivity index (χ3v) is 6.11. The van der Waals surface area contributed by atoms with Gasteiger partial charge in [-0.3, -0.25) is 4.79 Å². The van der Waals surface area contributed by atoms with E-state index in [1.165, 1.54) is 17.5 Å². The number of hydrogen-bond acceptors (Lipinski definition) is 3. The lowest BCUT2D eigenvalue weighted by molar-refractivity contribution is -0.121. The number of hydrogen-bond donors (Lipinski definition) is 2. The van der Waals surface area contributed by atoms with Crippen LogP contribution in [0, 0.1) is 0 Å². The highest BCUT2D eigenvalue weighted by Gasteiger charge is 2.31. The van der Waals surface area contributed by atoms with Crippen molar-refractivity contribution in [3.05, 3.63) is 75.2 Å². The summed E-state index contributed by atoms with van der Waals surface area (Å²) >= 11 is 13.4. The molecule has 2 atom stereocenters. The maximum Gasteiger partial charge on any atom is 0.506 e. The van der Waals surface area contributed by atoms with E-state index in [1.807, 2.05) is 23.6 Å². The fourth-order valence-electron chi connectivity index (χ4n) is 2.66. The van der Waals surface area contributed by atoms with E-state index in [9.17, 15) is 14.3 Å². The molecule has 1 amide bonds. The first-order valence-corrected chi connectivity index (χ1v) is 11.0. The molecular formula is C19H15Cl2NO3PS+. The van der Waals surface area contributed by atoms with Gasteiger partial charge in [0.2, 0.25) is 5.91 Å². The molecule has 0 spiro atoms. The second-order valence-electron chi connectivity index (χ2n) is 5.81. The first kappa shape index (κ1) is 20.0. The first-order chi connectivity index (χ1) is 12.9. The van der Waals surface area contributed by atoms with Gasteiger partial charge in [-0.25, -0.2) is 0 Å². The quantitative estimate of drug-likeness (QED) is 0.476. The smallest absolute Gasteiger partial charge is 0.332 e. The van der Waals surface area contributed by atoms with E-state index in [-0.39, 0.29) is 12.1 Å². The Balaban J connectivity index is 1.83. The number of halogens is 2. The maximum atomic E-state index is 12.7. The van der Waals surface area contributed by atoms with Crippen LogP contribution in [0.3, 0.4) is 0 Å². The van der Waals surface area contributed by atoms with Gasteiger partial charge in [-0.15, -0.1) is 11.3 Å². The topological polar surface area (TPSA) is 66.4 Å². The molecule has 0 aliphatic heterocycles. The maximum absolute atomic E-state index is 12.7. The van der Waals surface area contributed by atoms with Crippen LogP contribution in [0.1, 0.15) is 17.0 Å². The summed E-state index contributed by atoms with van der Waals surface area (Å²) in [6.45, 7) is 0. The van der Waals surface area contributed by atoms with Crippen molar-refractivity contribution in [3.8, 4) is 0 Å². The SMILES string of the molecule is O=C(N/C=C/c1ccc(Cl)cc1)C(C[P+](=O)O)c1csc2ccc(Cl)cc12. The monoisotopic (exact) mass is 438 g/mol. The fraction of sp³-hybridized carbons (Fsp3) is 0.105. The van der Waals surface area contributed by atoms with Crippen molar-refractivity contribution in [1.29, 1.82) is 0 Å². The van der Waals surface area contributed by atoms with Crippen molar-refractivity contribution in [2.75, 3.05) is 6.16 Å². The van der Waals surface area contributed by atoms with Crippen molar-refractivity contribution in [2.24, 2.45) is 0 Å². The predicted octanol–water partition coefficient (Wildman–Crippen LogP) is 5.81. The molecule has 27 heavy (non-hydrogen) atoms. The zero-order chi connectivity index (χ0) is 19.4. The summed E-state index contributed by atoms with van der Waals surface area (Å²) in [5.41, 5.74) is 1.57. The highest BCUT2D eigenvalue weighted by atomic mass is 35.5. The molecule has 8 heteroatoms. The number of nitrogens with one attached hydrogen (secondary N) is 1. The molecule has 3 rings (SSSR count). The van der Waals surface area contributed by atoms with Gasteiger partial charge in [0, 0.05) is 20.9 Å². The van der Waals surface area contributed by atoms with E-state index in [0.717, 1.165) is 15.6 Å². The molecule has 0 aliphatic rings. The van der Waals surface area contributed by atoms with Crippen LogP contribution < -0.4 is 5.32 Å². The molecule has 2 unspecified atom stereocenters. The van der Waals surface area contributed by atoms with Crippen molar-refractivity contribution < 1.29 is 14.3 Å². The molecule has 0 radical (unpaired) electrons. The molecule has 1 aromatic heterocycles. The molecule has 0 bridgehead atoms. The normalized spacial score (nSPS) is 13.1. The number of benzene rings is 2. The van der Waals surface area contributed by atoms with Crippen LogP contribution >= 0.6 is 42.6 Å². The second kappa shape index (κ2) is 8.96. The van der Waals surface area contributed by atoms with E-state index >= 15 is 0 Å². The molecule has 2 aromatic carbocycles. The van der Waals surface area contributed by atoms with Gasteiger partial charge in [-0.1, -0.05) is 35.3 Å². The summed E-state index contributed by atoms with van der Waals surface area (Å²) in [5, 5.41) is 6.55.